The van der Waals surface area contributed by atoms with Crippen molar-refractivity contribution in [3.05, 3.63) is 0 Å². The Morgan fingerprint density at radius 1 is 0.778 bits per heavy atom. The van der Waals surface area contributed by atoms with Crippen LogP contribution in [0, 0.1) is 34.5 Å². The van der Waals surface area contributed by atoms with Gasteiger partial charge in [-0.2, -0.15) is 0 Å². The predicted octanol–water partition coefficient (Wildman–Crippen LogP) is 6.98. The van der Waals surface area contributed by atoms with E-state index in [1.54, 1.807) is 0 Å². The van der Waals surface area contributed by atoms with Crippen molar-refractivity contribution in [1.29, 1.82) is 0 Å². The summed E-state index contributed by atoms with van der Waals surface area (Å²) in [5.74, 6) is 2.49. The summed E-state index contributed by atoms with van der Waals surface area (Å²) in [7, 11) is 0. The number of rotatable bonds is 7. The van der Waals surface area contributed by atoms with Crippen molar-refractivity contribution in [3.8, 4) is 0 Å². The van der Waals surface area contributed by atoms with Crippen LogP contribution in [0.15, 0.2) is 0 Å². The molecular weight excluding hydrogens is 452 g/mol. The maximum atomic E-state index is 12.4. The molecule has 206 valence electrons. The van der Waals surface area contributed by atoms with Crippen LogP contribution in [-0.2, 0) is 19.1 Å². The minimum absolute atomic E-state index is 0.00870. The van der Waals surface area contributed by atoms with Crippen molar-refractivity contribution in [1.82, 2.24) is 0 Å². The Labute approximate surface area is 219 Å². The minimum atomic E-state index is -0.555. The zero-order valence-electron chi connectivity index (χ0n) is 24.1. The zero-order valence-corrected chi connectivity index (χ0v) is 24.1. The van der Waals surface area contributed by atoms with Crippen molar-refractivity contribution in [2.24, 2.45) is 34.5 Å². The molecule has 0 aromatic rings. The summed E-state index contributed by atoms with van der Waals surface area (Å²) >= 11 is 0. The topological polar surface area (TPSA) is 72.8 Å². The standard InChI is InChI=1S/C16H26O3.C15H26O2/c1-4-14(2,3)13(17)19-16-8-11-5-12(9-16)7-15(18,6-11)10-16;1-5-14(3,4)13(16)17-15(6-2)10-11-7-8-12(15)9-11/h11-12,18H,4-10H2,1-3H3;11-12H,5-10H2,1-4H3. The molecule has 5 unspecified atom stereocenters. The van der Waals surface area contributed by atoms with Crippen LogP contribution in [-0.4, -0.2) is 33.8 Å². The molecule has 6 aliphatic rings. The highest BCUT2D eigenvalue weighted by molar-refractivity contribution is 5.76. The van der Waals surface area contributed by atoms with Gasteiger partial charge in [0.1, 0.15) is 11.2 Å². The fourth-order valence-electron chi connectivity index (χ4n) is 8.22. The van der Waals surface area contributed by atoms with E-state index < -0.39 is 11.0 Å². The molecule has 5 heteroatoms. The van der Waals surface area contributed by atoms with Gasteiger partial charge in [0, 0.05) is 6.42 Å². The summed E-state index contributed by atoms with van der Waals surface area (Å²) in [6, 6.07) is 0. The van der Waals surface area contributed by atoms with Crippen LogP contribution in [0.4, 0.5) is 0 Å². The van der Waals surface area contributed by atoms with Gasteiger partial charge in [-0.05, 0) is 128 Å². The fraction of sp³-hybridized carbons (Fsp3) is 0.935. The molecule has 1 N–H and O–H groups in total. The first-order chi connectivity index (χ1) is 16.7. The molecule has 0 heterocycles. The Morgan fingerprint density at radius 3 is 1.75 bits per heavy atom. The molecule has 0 saturated heterocycles. The predicted molar refractivity (Wildman–Crippen MR) is 141 cm³/mol. The Hall–Kier alpha value is -1.10. The van der Waals surface area contributed by atoms with Gasteiger partial charge in [0.2, 0.25) is 0 Å². The number of carbonyl (C=O) groups excluding carboxylic acids is 2. The average molecular weight is 505 g/mol. The van der Waals surface area contributed by atoms with Gasteiger partial charge in [-0.15, -0.1) is 0 Å². The van der Waals surface area contributed by atoms with Crippen molar-refractivity contribution in [3.63, 3.8) is 0 Å². The quantitative estimate of drug-likeness (QED) is 0.379. The Bertz CT molecular complexity index is 830. The third kappa shape index (κ3) is 5.24. The van der Waals surface area contributed by atoms with Crippen LogP contribution in [0.1, 0.15) is 132 Å². The Kier molecular flexibility index (Phi) is 7.43. The second-order valence-electron chi connectivity index (χ2n) is 14.6. The van der Waals surface area contributed by atoms with Gasteiger partial charge in [-0.1, -0.05) is 20.8 Å². The summed E-state index contributed by atoms with van der Waals surface area (Å²) in [6.45, 7) is 14.1. The molecule has 0 aromatic heterocycles. The minimum Gasteiger partial charge on any atom is -0.459 e. The normalized spacial score (nSPS) is 40.6. The van der Waals surface area contributed by atoms with E-state index in [1.807, 2.05) is 34.6 Å². The van der Waals surface area contributed by atoms with Crippen LogP contribution in [0.25, 0.3) is 0 Å². The summed E-state index contributed by atoms with van der Waals surface area (Å²) in [5, 5.41) is 10.6. The number of hydrogen-bond acceptors (Lipinski definition) is 5. The number of fused-ring (bicyclic) bond motifs is 2. The first-order valence-corrected chi connectivity index (χ1v) is 14.9. The molecule has 6 aliphatic carbocycles. The molecule has 6 bridgehead atoms. The number of hydrogen-bond donors (Lipinski definition) is 1. The van der Waals surface area contributed by atoms with Crippen molar-refractivity contribution >= 4 is 11.9 Å². The SMILES string of the molecule is CCC(C)(C)C(=O)OC1(CC)CC2CCC1C2.CCC(C)(C)C(=O)OC12CC3CC(CC(O)(C3)C1)C2. The molecule has 6 rings (SSSR count). The average Bonchev–Trinajstić information content (AvgIpc) is 3.39. The van der Waals surface area contributed by atoms with Gasteiger partial charge in [0.05, 0.1) is 16.4 Å². The van der Waals surface area contributed by atoms with Crippen LogP contribution in [0.5, 0.6) is 0 Å². The van der Waals surface area contributed by atoms with Crippen molar-refractivity contribution < 1.29 is 24.2 Å². The highest BCUT2D eigenvalue weighted by Gasteiger charge is 2.59. The van der Waals surface area contributed by atoms with Crippen molar-refractivity contribution in [2.75, 3.05) is 0 Å². The molecule has 5 atom stereocenters. The van der Waals surface area contributed by atoms with E-state index in [0.717, 1.165) is 57.3 Å². The molecule has 0 aromatic carbocycles. The molecule has 0 radical (unpaired) electrons. The van der Waals surface area contributed by atoms with Crippen LogP contribution >= 0.6 is 0 Å². The number of carbonyl (C=O) groups is 2. The smallest absolute Gasteiger partial charge is 0.312 e. The summed E-state index contributed by atoms with van der Waals surface area (Å²) in [6.07, 6.45) is 13.3. The maximum Gasteiger partial charge on any atom is 0.312 e. The second kappa shape index (κ2) is 9.58. The van der Waals surface area contributed by atoms with Crippen LogP contribution < -0.4 is 0 Å². The monoisotopic (exact) mass is 504 g/mol. The lowest BCUT2D eigenvalue weighted by Crippen LogP contribution is -2.61. The third-order valence-electron chi connectivity index (χ3n) is 11.0. The fourth-order valence-corrected chi connectivity index (χ4v) is 8.22. The molecule has 6 saturated carbocycles. The first-order valence-electron chi connectivity index (χ1n) is 14.9. The second-order valence-corrected chi connectivity index (χ2v) is 14.6. The van der Waals surface area contributed by atoms with Gasteiger partial charge in [0.15, 0.2) is 0 Å². The largest absolute Gasteiger partial charge is 0.459 e. The molecule has 0 aliphatic heterocycles. The molecule has 0 spiro atoms. The number of aliphatic hydroxyl groups is 1. The molecule has 0 amide bonds. The van der Waals surface area contributed by atoms with E-state index >= 15 is 0 Å². The highest BCUT2D eigenvalue weighted by Crippen LogP contribution is 2.59. The number of esters is 2. The van der Waals surface area contributed by atoms with E-state index in [4.69, 9.17) is 9.47 Å². The van der Waals surface area contributed by atoms with E-state index in [1.165, 1.54) is 25.7 Å². The van der Waals surface area contributed by atoms with E-state index in [0.29, 0.717) is 24.2 Å². The maximum absolute atomic E-state index is 12.4. The third-order valence-corrected chi connectivity index (χ3v) is 11.0. The van der Waals surface area contributed by atoms with E-state index in [9.17, 15) is 14.7 Å². The molecular formula is C31H52O5. The molecule has 5 nitrogen and oxygen atoms in total. The lowest BCUT2D eigenvalue weighted by Gasteiger charge is -2.59. The van der Waals surface area contributed by atoms with E-state index in [2.05, 4.69) is 13.8 Å². The molecule has 36 heavy (non-hydrogen) atoms. The van der Waals surface area contributed by atoms with Gasteiger partial charge >= 0.3 is 11.9 Å². The van der Waals surface area contributed by atoms with Crippen molar-refractivity contribution in [2.45, 2.75) is 149 Å². The number of ether oxygens (including phenoxy) is 2. The lowest BCUT2D eigenvalue weighted by atomic mass is 9.52. The Balaban J connectivity index is 0.000000170. The van der Waals surface area contributed by atoms with Crippen LogP contribution in [0.2, 0.25) is 0 Å². The first kappa shape index (κ1) is 27.9. The zero-order chi connectivity index (χ0) is 26.6. The highest BCUT2D eigenvalue weighted by atomic mass is 16.6. The summed E-state index contributed by atoms with van der Waals surface area (Å²) in [5.41, 5.74) is -1.77. The summed E-state index contributed by atoms with van der Waals surface area (Å²) in [4.78, 5) is 24.7. The lowest BCUT2D eigenvalue weighted by molar-refractivity contribution is -0.225. The molecule has 6 fully saturated rings. The van der Waals surface area contributed by atoms with E-state index in [-0.39, 0.29) is 28.6 Å². The van der Waals surface area contributed by atoms with Gasteiger partial charge in [-0.3, -0.25) is 9.59 Å². The Morgan fingerprint density at radius 2 is 1.33 bits per heavy atom. The van der Waals surface area contributed by atoms with Gasteiger partial charge in [0.25, 0.3) is 0 Å². The van der Waals surface area contributed by atoms with Gasteiger partial charge in [-0.25, -0.2) is 0 Å². The van der Waals surface area contributed by atoms with Gasteiger partial charge < -0.3 is 14.6 Å². The van der Waals surface area contributed by atoms with Crippen LogP contribution in [0.3, 0.4) is 0 Å². The summed E-state index contributed by atoms with van der Waals surface area (Å²) < 4.78 is 12.0.